The van der Waals surface area contributed by atoms with E-state index in [2.05, 4.69) is 0 Å². The van der Waals surface area contributed by atoms with Crippen molar-refractivity contribution in [2.45, 2.75) is 31.0 Å². The Morgan fingerprint density at radius 1 is 1.31 bits per heavy atom. The molecule has 0 fully saturated rings. The van der Waals surface area contributed by atoms with E-state index in [0.29, 0.717) is 12.3 Å². The number of rotatable bonds is 6. The number of aliphatic hydroxyl groups is 1. The summed E-state index contributed by atoms with van der Waals surface area (Å²) in [6.07, 6.45) is -0.242. The van der Waals surface area contributed by atoms with Crippen molar-refractivity contribution in [3.05, 3.63) is 24.3 Å². The molecule has 1 aromatic rings. The Balaban J connectivity index is 2.45. The summed E-state index contributed by atoms with van der Waals surface area (Å²) in [6, 6.07) is 7.87. The smallest absolute Gasteiger partial charge is 0.119 e. The van der Waals surface area contributed by atoms with E-state index in [1.54, 1.807) is 11.8 Å². The van der Waals surface area contributed by atoms with Crippen molar-refractivity contribution in [3.63, 3.8) is 0 Å². The molecule has 0 spiro atoms. The second-order valence-electron chi connectivity index (χ2n) is 3.84. The van der Waals surface area contributed by atoms with Crippen LogP contribution in [0.1, 0.15) is 13.8 Å². The minimum atomic E-state index is -0.434. The van der Waals surface area contributed by atoms with Crippen LogP contribution in [0.25, 0.3) is 0 Å². The van der Waals surface area contributed by atoms with E-state index in [1.165, 1.54) is 0 Å². The minimum absolute atomic E-state index is 0.192. The summed E-state index contributed by atoms with van der Waals surface area (Å²) in [5.41, 5.74) is 5.33. The first-order valence-corrected chi connectivity index (χ1v) is 6.38. The quantitative estimate of drug-likeness (QED) is 0.747. The molecule has 0 saturated carbocycles. The molecular formula is C12H19NO2S. The summed E-state index contributed by atoms with van der Waals surface area (Å²) >= 11 is 1.60. The van der Waals surface area contributed by atoms with Crippen molar-refractivity contribution < 1.29 is 9.84 Å². The number of hydrogen-bond acceptors (Lipinski definition) is 4. The average Bonchev–Trinajstić information content (AvgIpc) is 2.27. The Hall–Kier alpha value is -0.710. The second-order valence-corrected chi connectivity index (χ2v) is 4.93. The van der Waals surface area contributed by atoms with Crippen LogP contribution in [0.15, 0.2) is 29.2 Å². The molecule has 0 radical (unpaired) electrons. The van der Waals surface area contributed by atoms with Gasteiger partial charge in [0.2, 0.25) is 0 Å². The number of aliphatic hydroxyl groups excluding tert-OH is 1. The Bertz CT molecular complexity index is 300. The minimum Gasteiger partial charge on any atom is -0.491 e. The van der Waals surface area contributed by atoms with Gasteiger partial charge in [0.1, 0.15) is 5.75 Å². The highest BCUT2D eigenvalue weighted by molar-refractivity contribution is 7.99. The van der Waals surface area contributed by atoms with Gasteiger partial charge < -0.3 is 15.6 Å². The second kappa shape index (κ2) is 6.78. The van der Waals surface area contributed by atoms with E-state index in [-0.39, 0.29) is 6.10 Å². The largest absolute Gasteiger partial charge is 0.491 e. The molecule has 1 aromatic carbocycles. The third-order valence-electron chi connectivity index (χ3n) is 1.91. The SMILES string of the molecule is CC(C)Oc1ccc(SCC(O)CN)cc1. The highest BCUT2D eigenvalue weighted by atomic mass is 32.2. The Morgan fingerprint density at radius 2 is 1.94 bits per heavy atom. The fourth-order valence-electron chi connectivity index (χ4n) is 1.15. The van der Waals surface area contributed by atoms with Gasteiger partial charge in [-0.15, -0.1) is 11.8 Å². The molecular weight excluding hydrogens is 222 g/mol. The standard InChI is InChI=1S/C12H19NO2S/c1-9(2)15-11-3-5-12(6-4-11)16-8-10(14)7-13/h3-6,9-10,14H,7-8,13H2,1-2H3. The molecule has 0 aliphatic rings. The van der Waals surface area contributed by atoms with Gasteiger partial charge in [0.05, 0.1) is 12.2 Å². The van der Waals surface area contributed by atoms with Gasteiger partial charge in [0.15, 0.2) is 0 Å². The van der Waals surface area contributed by atoms with Crippen molar-refractivity contribution >= 4 is 11.8 Å². The average molecular weight is 241 g/mol. The summed E-state index contributed by atoms with van der Waals surface area (Å²) in [5, 5.41) is 9.32. The third kappa shape index (κ3) is 4.88. The Labute approximate surface area is 101 Å². The van der Waals surface area contributed by atoms with Gasteiger partial charge in [-0.2, -0.15) is 0 Å². The van der Waals surface area contributed by atoms with Crippen molar-refractivity contribution in [1.29, 1.82) is 0 Å². The maximum Gasteiger partial charge on any atom is 0.119 e. The van der Waals surface area contributed by atoms with Crippen LogP contribution in [0.4, 0.5) is 0 Å². The molecule has 3 N–H and O–H groups in total. The maximum absolute atomic E-state index is 9.32. The van der Waals surface area contributed by atoms with E-state index >= 15 is 0 Å². The zero-order valence-electron chi connectivity index (χ0n) is 9.72. The van der Waals surface area contributed by atoms with Crippen LogP contribution < -0.4 is 10.5 Å². The van der Waals surface area contributed by atoms with Gasteiger partial charge in [0, 0.05) is 17.2 Å². The zero-order valence-corrected chi connectivity index (χ0v) is 10.5. The molecule has 0 aliphatic heterocycles. The summed E-state index contributed by atoms with van der Waals surface area (Å²) in [6.45, 7) is 4.31. The van der Waals surface area contributed by atoms with Crippen molar-refractivity contribution in [2.75, 3.05) is 12.3 Å². The lowest BCUT2D eigenvalue weighted by molar-refractivity contribution is 0.208. The van der Waals surface area contributed by atoms with Gasteiger partial charge in [-0.1, -0.05) is 0 Å². The van der Waals surface area contributed by atoms with Crippen LogP contribution in [0.3, 0.4) is 0 Å². The molecule has 0 aromatic heterocycles. The molecule has 90 valence electrons. The first-order chi connectivity index (χ1) is 7.61. The lowest BCUT2D eigenvalue weighted by Gasteiger charge is -2.10. The number of hydrogen-bond donors (Lipinski definition) is 2. The van der Waals surface area contributed by atoms with Gasteiger partial charge in [-0.3, -0.25) is 0 Å². The van der Waals surface area contributed by atoms with Crippen LogP contribution >= 0.6 is 11.8 Å². The summed E-state index contributed by atoms with van der Waals surface area (Å²) in [5.74, 6) is 1.50. The van der Waals surface area contributed by atoms with Gasteiger partial charge >= 0.3 is 0 Å². The number of thioether (sulfide) groups is 1. The van der Waals surface area contributed by atoms with Crippen molar-refractivity contribution in [3.8, 4) is 5.75 Å². The molecule has 0 heterocycles. The molecule has 1 rings (SSSR count). The molecule has 0 aliphatic carbocycles. The third-order valence-corrected chi connectivity index (χ3v) is 3.07. The lowest BCUT2D eigenvalue weighted by Crippen LogP contribution is -2.21. The first-order valence-electron chi connectivity index (χ1n) is 5.39. The zero-order chi connectivity index (χ0) is 12.0. The van der Waals surface area contributed by atoms with Crippen LogP contribution in [-0.2, 0) is 0 Å². The molecule has 0 amide bonds. The van der Waals surface area contributed by atoms with Crippen molar-refractivity contribution in [1.82, 2.24) is 0 Å². The summed E-state index contributed by atoms with van der Waals surface area (Å²) < 4.78 is 5.54. The highest BCUT2D eigenvalue weighted by Gasteiger charge is 2.03. The van der Waals surface area contributed by atoms with Gasteiger partial charge in [0.25, 0.3) is 0 Å². The molecule has 0 bridgehead atoms. The molecule has 4 heteroatoms. The van der Waals surface area contributed by atoms with E-state index in [4.69, 9.17) is 10.5 Å². The van der Waals surface area contributed by atoms with E-state index in [0.717, 1.165) is 10.6 Å². The number of benzene rings is 1. The van der Waals surface area contributed by atoms with Crippen LogP contribution in [0.5, 0.6) is 5.75 Å². The Kier molecular flexibility index (Phi) is 5.66. The van der Waals surface area contributed by atoms with E-state index in [1.807, 2.05) is 38.1 Å². The van der Waals surface area contributed by atoms with Crippen LogP contribution in [0.2, 0.25) is 0 Å². The highest BCUT2D eigenvalue weighted by Crippen LogP contribution is 2.22. The Morgan fingerprint density at radius 3 is 2.44 bits per heavy atom. The number of nitrogens with two attached hydrogens (primary N) is 1. The fraction of sp³-hybridized carbons (Fsp3) is 0.500. The summed E-state index contributed by atoms with van der Waals surface area (Å²) in [7, 11) is 0. The van der Waals surface area contributed by atoms with Crippen LogP contribution in [-0.4, -0.2) is 29.6 Å². The maximum atomic E-state index is 9.32. The topological polar surface area (TPSA) is 55.5 Å². The van der Waals surface area contributed by atoms with E-state index in [9.17, 15) is 5.11 Å². The molecule has 1 unspecified atom stereocenters. The molecule has 0 saturated heterocycles. The molecule has 1 atom stereocenters. The predicted octanol–water partition coefficient (Wildman–Crippen LogP) is 1.89. The lowest BCUT2D eigenvalue weighted by atomic mass is 10.3. The van der Waals surface area contributed by atoms with Crippen molar-refractivity contribution in [2.24, 2.45) is 5.73 Å². The number of ether oxygens (including phenoxy) is 1. The predicted molar refractivity (Wildman–Crippen MR) is 68.0 cm³/mol. The summed E-state index contributed by atoms with van der Waals surface area (Å²) in [4.78, 5) is 1.11. The monoisotopic (exact) mass is 241 g/mol. The van der Waals surface area contributed by atoms with E-state index < -0.39 is 6.10 Å². The first kappa shape index (κ1) is 13.4. The fourth-order valence-corrected chi connectivity index (χ4v) is 2.00. The van der Waals surface area contributed by atoms with Gasteiger partial charge in [-0.25, -0.2) is 0 Å². The molecule has 3 nitrogen and oxygen atoms in total. The van der Waals surface area contributed by atoms with Crippen LogP contribution in [0, 0.1) is 0 Å². The van der Waals surface area contributed by atoms with Gasteiger partial charge in [-0.05, 0) is 38.1 Å². The normalized spacial score (nSPS) is 12.8. The molecule has 16 heavy (non-hydrogen) atoms.